The fraction of sp³-hybridized carbons (Fsp3) is 0.167. The molecule has 1 heterocycles. The highest BCUT2D eigenvalue weighted by atomic mass is 16.5. The quantitative estimate of drug-likeness (QED) is 0.719. The Morgan fingerprint density at radius 3 is 2.62 bits per heavy atom. The SMILES string of the molecule is C[C@H](OC(=O)c1ccc(CO)cc1)c1nc2ccccc2c(=O)[nH]1. The van der Waals surface area contributed by atoms with E-state index in [0.29, 0.717) is 27.9 Å². The molecule has 0 saturated carbocycles. The molecule has 0 aliphatic rings. The summed E-state index contributed by atoms with van der Waals surface area (Å²) >= 11 is 0. The summed E-state index contributed by atoms with van der Waals surface area (Å²) in [4.78, 5) is 31.2. The molecular formula is C18H16N2O4. The van der Waals surface area contributed by atoms with E-state index in [0.717, 1.165) is 0 Å². The van der Waals surface area contributed by atoms with Crippen molar-refractivity contribution in [1.29, 1.82) is 0 Å². The van der Waals surface area contributed by atoms with Gasteiger partial charge >= 0.3 is 5.97 Å². The number of benzene rings is 2. The maximum Gasteiger partial charge on any atom is 0.338 e. The van der Waals surface area contributed by atoms with Gasteiger partial charge in [0.05, 0.1) is 23.1 Å². The number of fused-ring (bicyclic) bond motifs is 1. The molecule has 24 heavy (non-hydrogen) atoms. The van der Waals surface area contributed by atoms with Crippen LogP contribution in [0.3, 0.4) is 0 Å². The van der Waals surface area contributed by atoms with Crippen LogP contribution in [0.25, 0.3) is 10.9 Å². The van der Waals surface area contributed by atoms with Gasteiger partial charge in [0.1, 0.15) is 0 Å². The van der Waals surface area contributed by atoms with Crippen molar-refractivity contribution in [2.45, 2.75) is 19.6 Å². The minimum atomic E-state index is -0.702. The number of nitrogens with zero attached hydrogens (tertiary/aromatic N) is 1. The summed E-state index contributed by atoms with van der Waals surface area (Å²) in [6, 6.07) is 13.4. The molecule has 0 radical (unpaired) electrons. The zero-order valence-electron chi connectivity index (χ0n) is 13.0. The van der Waals surface area contributed by atoms with Crippen molar-refractivity contribution in [3.8, 4) is 0 Å². The van der Waals surface area contributed by atoms with Crippen LogP contribution < -0.4 is 5.56 Å². The molecule has 1 atom stereocenters. The van der Waals surface area contributed by atoms with Crippen LogP contribution in [0.1, 0.15) is 34.8 Å². The zero-order chi connectivity index (χ0) is 17.1. The van der Waals surface area contributed by atoms with E-state index >= 15 is 0 Å². The number of esters is 1. The van der Waals surface area contributed by atoms with Gasteiger partial charge in [0, 0.05) is 0 Å². The first-order valence-electron chi connectivity index (χ1n) is 7.48. The number of carbonyl (C=O) groups excluding carboxylic acids is 1. The first kappa shape index (κ1) is 15.9. The summed E-state index contributed by atoms with van der Waals surface area (Å²) in [5, 5.41) is 9.50. The Morgan fingerprint density at radius 1 is 1.21 bits per heavy atom. The van der Waals surface area contributed by atoms with E-state index in [4.69, 9.17) is 9.84 Å². The highest BCUT2D eigenvalue weighted by Crippen LogP contribution is 2.16. The summed E-state index contributed by atoms with van der Waals surface area (Å²) in [6.45, 7) is 1.56. The predicted octanol–water partition coefficient (Wildman–Crippen LogP) is 2.33. The number of ether oxygens (including phenoxy) is 1. The minimum Gasteiger partial charge on any atom is -0.451 e. The van der Waals surface area contributed by atoms with Gasteiger partial charge in [0.15, 0.2) is 11.9 Å². The van der Waals surface area contributed by atoms with Gasteiger partial charge in [0.2, 0.25) is 0 Å². The molecule has 0 bridgehead atoms. The lowest BCUT2D eigenvalue weighted by atomic mass is 10.1. The van der Waals surface area contributed by atoms with Crippen LogP contribution in [-0.4, -0.2) is 21.0 Å². The molecule has 122 valence electrons. The van der Waals surface area contributed by atoms with Gasteiger partial charge in [-0.1, -0.05) is 24.3 Å². The van der Waals surface area contributed by atoms with Crippen LogP contribution >= 0.6 is 0 Å². The largest absolute Gasteiger partial charge is 0.451 e. The average molecular weight is 324 g/mol. The maximum atomic E-state index is 12.2. The Morgan fingerprint density at radius 2 is 1.92 bits per heavy atom. The van der Waals surface area contributed by atoms with Crippen molar-refractivity contribution in [2.24, 2.45) is 0 Å². The van der Waals surface area contributed by atoms with Crippen molar-refractivity contribution in [3.63, 3.8) is 0 Å². The number of para-hydroxylation sites is 1. The minimum absolute atomic E-state index is 0.0893. The van der Waals surface area contributed by atoms with Gasteiger partial charge in [-0.05, 0) is 36.8 Å². The fourth-order valence-corrected chi connectivity index (χ4v) is 2.33. The molecule has 6 nitrogen and oxygen atoms in total. The van der Waals surface area contributed by atoms with Crippen molar-refractivity contribution in [1.82, 2.24) is 9.97 Å². The predicted molar refractivity (Wildman–Crippen MR) is 88.6 cm³/mol. The number of hydrogen-bond donors (Lipinski definition) is 2. The lowest BCUT2D eigenvalue weighted by Crippen LogP contribution is -2.17. The third kappa shape index (κ3) is 3.18. The zero-order valence-corrected chi connectivity index (χ0v) is 13.0. The van der Waals surface area contributed by atoms with Crippen LogP contribution in [0.2, 0.25) is 0 Å². The van der Waals surface area contributed by atoms with Crippen LogP contribution in [0.5, 0.6) is 0 Å². The fourth-order valence-electron chi connectivity index (χ4n) is 2.33. The molecule has 0 unspecified atom stereocenters. The average Bonchev–Trinajstić information content (AvgIpc) is 2.61. The Labute approximate surface area is 137 Å². The number of rotatable bonds is 4. The Kier molecular flexibility index (Phi) is 4.39. The second kappa shape index (κ2) is 6.64. The third-order valence-corrected chi connectivity index (χ3v) is 3.67. The molecule has 0 spiro atoms. The summed E-state index contributed by atoms with van der Waals surface area (Å²) in [5.41, 5.74) is 1.35. The lowest BCUT2D eigenvalue weighted by Gasteiger charge is -2.13. The maximum absolute atomic E-state index is 12.2. The topological polar surface area (TPSA) is 92.3 Å². The van der Waals surface area contributed by atoms with Crippen LogP contribution in [0.4, 0.5) is 0 Å². The Balaban J connectivity index is 1.82. The number of aromatic nitrogens is 2. The summed E-state index contributed by atoms with van der Waals surface area (Å²) in [6.07, 6.45) is -0.702. The van der Waals surface area contributed by atoms with E-state index in [1.54, 1.807) is 55.5 Å². The van der Waals surface area contributed by atoms with Gasteiger partial charge in [0.25, 0.3) is 5.56 Å². The van der Waals surface area contributed by atoms with Gasteiger partial charge in [-0.25, -0.2) is 9.78 Å². The monoisotopic (exact) mass is 324 g/mol. The summed E-state index contributed by atoms with van der Waals surface area (Å²) in [7, 11) is 0. The molecule has 0 aliphatic heterocycles. The highest BCUT2D eigenvalue weighted by molar-refractivity contribution is 5.89. The van der Waals surface area contributed by atoms with Gasteiger partial charge in [-0.2, -0.15) is 0 Å². The molecule has 0 fully saturated rings. The Hall–Kier alpha value is -2.99. The van der Waals surface area contributed by atoms with Crippen molar-refractivity contribution >= 4 is 16.9 Å². The molecule has 0 amide bonds. The molecular weight excluding hydrogens is 308 g/mol. The molecule has 0 aliphatic carbocycles. The number of aliphatic hydroxyl groups is 1. The number of aromatic amines is 1. The number of aliphatic hydroxyl groups excluding tert-OH is 1. The molecule has 3 rings (SSSR count). The van der Waals surface area contributed by atoms with E-state index in [9.17, 15) is 9.59 Å². The van der Waals surface area contributed by atoms with Crippen molar-refractivity contribution in [2.75, 3.05) is 0 Å². The summed E-state index contributed by atoms with van der Waals surface area (Å²) < 4.78 is 5.37. The molecule has 1 aromatic heterocycles. The van der Waals surface area contributed by atoms with E-state index in [1.807, 2.05) is 0 Å². The highest BCUT2D eigenvalue weighted by Gasteiger charge is 2.16. The van der Waals surface area contributed by atoms with Crippen LogP contribution in [0.15, 0.2) is 53.3 Å². The molecule has 2 aromatic carbocycles. The standard InChI is InChI=1S/C18H16N2O4/c1-11(24-18(23)13-8-6-12(10-21)7-9-13)16-19-15-5-3-2-4-14(15)17(22)20-16/h2-9,11,21H,10H2,1H3,(H,19,20,22)/t11-/m0/s1. The van der Waals surface area contributed by atoms with Gasteiger partial charge in [-0.3, -0.25) is 4.79 Å². The summed E-state index contributed by atoms with van der Waals surface area (Å²) in [5.74, 6) is -0.234. The molecule has 6 heteroatoms. The van der Waals surface area contributed by atoms with E-state index in [1.165, 1.54) is 0 Å². The van der Waals surface area contributed by atoms with Crippen LogP contribution in [0, 0.1) is 0 Å². The molecule has 3 aromatic rings. The van der Waals surface area contributed by atoms with Gasteiger partial charge < -0.3 is 14.8 Å². The molecule has 0 saturated heterocycles. The molecule has 2 N–H and O–H groups in total. The third-order valence-electron chi connectivity index (χ3n) is 3.67. The normalized spacial score (nSPS) is 12.1. The Bertz CT molecular complexity index is 932. The van der Waals surface area contributed by atoms with Crippen molar-refractivity contribution in [3.05, 3.63) is 75.8 Å². The second-order valence-electron chi connectivity index (χ2n) is 5.37. The number of H-pyrrole nitrogens is 1. The lowest BCUT2D eigenvalue weighted by molar-refractivity contribution is 0.0320. The van der Waals surface area contributed by atoms with E-state index in [2.05, 4.69) is 9.97 Å². The number of carbonyl (C=O) groups is 1. The van der Waals surface area contributed by atoms with Crippen LogP contribution in [-0.2, 0) is 11.3 Å². The van der Waals surface area contributed by atoms with Gasteiger partial charge in [-0.15, -0.1) is 0 Å². The second-order valence-corrected chi connectivity index (χ2v) is 5.37. The first-order chi connectivity index (χ1) is 11.6. The number of hydrogen-bond acceptors (Lipinski definition) is 5. The van der Waals surface area contributed by atoms with E-state index < -0.39 is 12.1 Å². The van der Waals surface area contributed by atoms with Crippen molar-refractivity contribution < 1.29 is 14.6 Å². The number of nitrogens with one attached hydrogen (secondary N) is 1. The van der Waals surface area contributed by atoms with E-state index in [-0.39, 0.29) is 12.2 Å². The smallest absolute Gasteiger partial charge is 0.338 e. The first-order valence-corrected chi connectivity index (χ1v) is 7.48.